The van der Waals surface area contributed by atoms with E-state index in [1.807, 2.05) is 6.07 Å². The van der Waals surface area contributed by atoms with Crippen LogP contribution in [0.5, 0.6) is 11.5 Å². The second kappa shape index (κ2) is 7.19. The number of nitrogens with zero attached hydrogens (tertiary/aromatic N) is 2. The Morgan fingerprint density at radius 3 is 2.84 bits per heavy atom. The highest BCUT2D eigenvalue weighted by atomic mass is 35.5. The zero-order chi connectivity index (χ0) is 17.8. The Balaban J connectivity index is 1.82. The van der Waals surface area contributed by atoms with E-state index in [2.05, 4.69) is 15.5 Å². The van der Waals surface area contributed by atoms with Gasteiger partial charge in [0.05, 0.1) is 24.4 Å². The average molecular weight is 356 g/mol. The summed E-state index contributed by atoms with van der Waals surface area (Å²) in [6.07, 6.45) is 1.39. The number of carbonyl (C=O) groups excluding carboxylic acids is 1. The molecule has 7 heteroatoms. The fourth-order valence-corrected chi connectivity index (χ4v) is 2.45. The molecule has 0 unspecified atom stereocenters. The van der Waals surface area contributed by atoms with Crippen molar-refractivity contribution in [2.75, 3.05) is 7.11 Å². The second-order valence-corrected chi connectivity index (χ2v) is 5.50. The van der Waals surface area contributed by atoms with Crippen LogP contribution in [0.1, 0.15) is 15.9 Å². The molecule has 1 aromatic heterocycles. The van der Waals surface area contributed by atoms with E-state index in [0.717, 1.165) is 10.9 Å². The number of para-hydroxylation sites is 1. The topological polar surface area (TPSA) is 83.8 Å². The van der Waals surface area contributed by atoms with Crippen LogP contribution in [0.25, 0.3) is 10.9 Å². The molecule has 0 aliphatic carbocycles. The maximum Gasteiger partial charge on any atom is 0.275 e. The van der Waals surface area contributed by atoms with Crippen molar-refractivity contribution in [1.29, 1.82) is 0 Å². The average Bonchev–Trinajstić information content (AvgIpc) is 2.62. The van der Waals surface area contributed by atoms with Crippen LogP contribution in [-0.4, -0.2) is 29.3 Å². The van der Waals surface area contributed by atoms with E-state index in [0.29, 0.717) is 11.3 Å². The lowest BCUT2D eigenvalue weighted by atomic mass is 10.1. The number of nitrogens with one attached hydrogen (secondary N) is 1. The molecule has 0 saturated heterocycles. The number of rotatable bonds is 4. The molecule has 3 rings (SSSR count). The summed E-state index contributed by atoms with van der Waals surface area (Å²) < 4.78 is 5.19. The minimum absolute atomic E-state index is 0.118. The number of phenolic OH excluding ortho intramolecular Hbond substituents is 1. The van der Waals surface area contributed by atoms with Crippen molar-refractivity contribution in [3.63, 3.8) is 0 Å². The van der Waals surface area contributed by atoms with Gasteiger partial charge in [0, 0.05) is 10.9 Å². The largest absolute Gasteiger partial charge is 0.507 e. The molecule has 0 saturated carbocycles. The molecule has 0 radical (unpaired) electrons. The summed E-state index contributed by atoms with van der Waals surface area (Å²) in [6.45, 7) is 0. The smallest absolute Gasteiger partial charge is 0.275 e. The van der Waals surface area contributed by atoms with E-state index >= 15 is 0 Å². The van der Waals surface area contributed by atoms with Crippen molar-refractivity contribution in [3.05, 3.63) is 64.8 Å². The van der Waals surface area contributed by atoms with E-state index in [-0.39, 0.29) is 16.5 Å². The van der Waals surface area contributed by atoms with Crippen molar-refractivity contribution in [2.24, 2.45) is 5.10 Å². The number of hydrazone groups is 1. The normalized spacial score (nSPS) is 11.0. The number of hydrogen-bond acceptors (Lipinski definition) is 5. The summed E-state index contributed by atoms with van der Waals surface area (Å²) >= 11 is 6.15. The molecule has 1 amide bonds. The number of aromatic hydroxyl groups is 1. The standard InChI is InChI=1S/C18H14ClN3O3/c1-25-13-6-7-15-11(9-13)8-12(17(19)21-15)10-20-22-18(24)14-4-2-3-5-16(14)23/h2-10,23H,1H3,(H,22,24)/b20-10+. The highest BCUT2D eigenvalue weighted by Gasteiger charge is 2.09. The number of methoxy groups -OCH3 is 1. The number of benzene rings is 2. The quantitative estimate of drug-likeness (QED) is 0.427. The molecule has 0 bridgehead atoms. The first kappa shape index (κ1) is 16.7. The number of carbonyl (C=O) groups is 1. The first-order valence-electron chi connectivity index (χ1n) is 7.34. The van der Waals surface area contributed by atoms with Gasteiger partial charge in [0.15, 0.2) is 0 Å². The number of fused-ring (bicyclic) bond motifs is 1. The van der Waals surface area contributed by atoms with Crippen LogP contribution in [0, 0.1) is 0 Å². The van der Waals surface area contributed by atoms with Gasteiger partial charge in [0.1, 0.15) is 16.7 Å². The second-order valence-electron chi connectivity index (χ2n) is 5.14. The molecular formula is C18H14ClN3O3. The Hall–Kier alpha value is -3.12. The molecule has 3 aromatic rings. The van der Waals surface area contributed by atoms with Gasteiger partial charge < -0.3 is 9.84 Å². The van der Waals surface area contributed by atoms with Gasteiger partial charge in [-0.3, -0.25) is 4.79 Å². The Labute approximate surface area is 148 Å². The van der Waals surface area contributed by atoms with Crippen molar-refractivity contribution < 1.29 is 14.6 Å². The van der Waals surface area contributed by atoms with E-state index in [9.17, 15) is 9.90 Å². The van der Waals surface area contributed by atoms with Crippen LogP contribution in [0.2, 0.25) is 5.15 Å². The summed E-state index contributed by atoms with van der Waals surface area (Å²) in [5, 5.41) is 14.6. The summed E-state index contributed by atoms with van der Waals surface area (Å²) in [4.78, 5) is 16.3. The van der Waals surface area contributed by atoms with Gasteiger partial charge in [-0.05, 0) is 36.4 Å². The van der Waals surface area contributed by atoms with E-state index in [1.165, 1.54) is 18.3 Å². The lowest BCUT2D eigenvalue weighted by molar-refractivity contribution is 0.0952. The summed E-state index contributed by atoms with van der Waals surface area (Å²) in [6, 6.07) is 13.4. The minimum atomic E-state index is -0.527. The molecule has 0 aliphatic heterocycles. The predicted molar refractivity (Wildman–Crippen MR) is 96.5 cm³/mol. The third-order valence-electron chi connectivity index (χ3n) is 3.52. The van der Waals surface area contributed by atoms with Gasteiger partial charge in [-0.1, -0.05) is 23.7 Å². The summed E-state index contributed by atoms with van der Waals surface area (Å²) in [7, 11) is 1.58. The first-order chi connectivity index (χ1) is 12.1. The van der Waals surface area contributed by atoms with Crippen LogP contribution < -0.4 is 10.2 Å². The van der Waals surface area contributed by atoms with Gasteiger partial charge >= 0.3 is 0 Å². The molecule has 2 N–H and O–H groups in total. The Bertz CT molecular complexity index is 973. The maximum atomic E-state index is 12.0. The molecule has 0 atom stereocenters. The van der Waals surface area contributed by atoms with Gasteiger partial charge in [-0.15, -0.1) is 0 Å². The van der Waals surface area contributed by atoms with E-state index in [4.69, 9.17) is 16.3 Å². The Morgan fingerprint density at radius 2 is 2.08 bits per heavy atom. The summed E-state index contributed by atoms with van der Waals surface area (Å²) in [5.41, 5.74) is 3.74. The molecular weight excluding hydrogens is 342 g/mol. The number of amides is 1. The molecule has 126 valence electrons. The molecule has 0 spiro atoms. The zero-order valence-corrected chi connectivity index (χ0v) is 14.0. The number of halogens is 1. The Kier molecular flexibility index (Phi) is 4.81. The van der Waals surface area contributed by atoms with Crippen molar-refractivity contribution in [3.8, 4) is 11.5 Å². The van der Waals surface area contributed by atoms with Crippen LogP contribution in [0.15, 0.2) is 53.6 Å². The monoisotopic (exact) mass is 355 g/mol. The zero-order valence-electron chi connectivity index (χ0n) is 13.2. The highest BCUT2D eigenvalue weighted by Crippen LogP contribution is 2.23. The van der Waals surface area contributed by atoms with E-state index < -0.39 is 5.91 Å². The number of aromatic nitrogens is 1. The molecule has 25 heavy (non-hydrogen) atoms. The van der Waals surface area contributed by atoms with Gasteiger partial charge in [0.2, 0.25) is 0 Å². The van der Waals surface area contributed by atoms with Gasteiger partial charge in [0.25, 0.3) is 5.91 Å². The molecule has 0 aliphatic rings. The van der Waals surface area contributed by atoms with Crippen molar-refractivity contribution in [2.45, 2.75) is 0 Å². The Morgan fingerprint density at radius 1 is 1.28 bits per heavy atom. The van der Waals surface area contributed by atoms with Crippen molar-refractivity contribution in [1.82, 2.24) is 10.4 Å². The number of phenols is 1. The number of pyridine rings is 1. The number of hydrogen-bond donors (Lipinski definition) is 2. The molecule has 2 aromatic carbocycles. The highest BCUT2D eigenvalue weighted by molar-refractivity contribution is 6.32. The van der Waals surface area contributed by atoms with Crippen molar-refractivity contribution >= 4 is 34.6 Å². The minimum Gasteiger partial charge on any atom is -0.507 e. The molecule has 1 heterocycles. The third-order valence-corrected chi connectivity index (χ3v) is 3.82. The van der Waals surface area contributed by atoms with Gasteiger partial charge in [-0.25, -0.2) is 10.4 Å². The lowest BCUT2D eigenvalue weighted by Gasteiger charge is -2.05. The van der Waals surface area contributed by atoms with Crippen LogP contribution in [0.3, 0.4) is 0 Å². The predicted octanol–water partition coefficient (Wildman–Crippen LogP) is 3.37. The maximum absolute atomic E-state index is 12.0. The third kappa shape index (κ3) is 3.70. The first-order valence-corrected chi connectivity index (χ1v) is 7.72. The van der Waals surface area contributed by atoms with E-state index in [1.54, 1.807) is 37.4 Å². The fraction of sp³-hybridized carbons (Fsp3) is 0.0556. The fourth-order valence-electron chi connectivity index (χ4n) is 2.25. The van der Waals surface area contributed by atoms with Gasteiger partial charge in [-0.2, -0.15) is 5.10 Å². The van der Waals surface area contributed by atoms with Crippen LogP contribution >= 0.6 is 11.6 Å². The van der Waals surface area contributed by atoms with Crippen LogP contribution in [0.4, 0.5) is 0 Å². The summed E-state index contributed by atoms with van der Waals surface area (Å²) in [5.74, 6) is 0.0564. The SMILES string of the molecule is COc1ccc2nc(Cl)c(/C=N/NC(=O)c3ccccc3O)cc2c1. The molecule has 0 fully saturated rings. The lowest BCUT2D eigenvalue weighted by Crippen LogP contribution is -2.17. The van der Waals surface area contributed by atoms with Crippen LogP contribution in [-0.2, 0) is 0 Å². The molecule has 6 nitrogen and oxygen atoms in total. The number of ether oxygens (including phenoxy) is 1.